The highest BCUT2D eigenvalue weighted by atomic mass is 16.5. The van der Waals surface area contributed by atoms with E-state index in [0.29, 0.717) is 6.10 Å². The minimum Gasteiger partial charge on any atom is -0.379 e. The van der Waals surface area contributed by atoms with Crippen molar-refractivity contribution in [3.63, 3.8) is 0 Å². The molecule has 21 heavy (non-hydrogen) atoms. The molecule has 2 unspecified atom stereocenters. The number of likely N-dealkylation sites (N-methyl/N-ethyl adjacent to an activating group) is 1. The fraction of sp³-hybridized carbons (Fsp3) is 0.941. The molecule has 0 aliphatic carbocycles. The molecule has 4 heteroatoms. The van der Waals surface area contributed by atoms with Gasteiger partial charge in [-0.25, -0.2) is 0 Å². The maximum Gasteiger partial charge on any atom is 0.237 e. The summed E-state index contributed by atoms with van der Waals surface area (Å²) in [6, 6.07) is 0. The first-order valence-corrected chi connectivity index (χ1v) is 8.62. The first kappa shape index (κ1) is 20.4. The van der Waals surface area contributed by atoms with E-state index in [-0.39, 0.29) is 5.91 Å². The lowest BCUT2D eigenvalue weighted by atomic mass is 9.94. The second-order valence-electron chi connectivity index (χ2n) is 6.21. The lowest BCUT2D eigenvalue weighted by molar-refractivity contribution is -0.124. The fourth-order valence-corrected chi connectivity index (χ4v) is 2.50. The first-order chi connectivity index (χ1) is 9.96. The summed E-state index contributed by atoms with van der Waals surface area (Å²) >= 11 is 0. The monoisotopic (exact) mass is 300 g/mol. The van der Waals surface area contributed by atoms with Crippen molar-refractivity contribution in [3.8, 4) is 0 Å². The van der Waals surface area contributed by atoms with E-state index in [1.165, 1.54) is 25.7 Å². The van der Waals surface area contributed by atoms with Crippen molar-refractivity contribution >= 4 is 5.91 Å². The van der Waals surface area contributed by atoms with Crippen molar-refractivity contribution in [1.29, 1.82) is 0 Å². The Labute approximate surface area is 131 Å². The van der Waals surface area contributed by atoms with Crippen molar-refractivity contribution in [2.24, 2.45) is 5.73 Å². The van der Waals surface area contributed by atoms with Gasteiger partial charge >= 0.3 is 0 Å². The van der Waals surface area contributed by atoms with Crippen molar-refractivity contribution in [1.82, 2.24) is 5.32 Å². The van der Waals surface area contributed by atoms with Gasteiger partial charge in [0.05, 0.1) is 11.6 Å². The number of carbonyl (C=O) groups excluding carboxylic acids is 1. The summed E-state index contributed by atoms with van der Waals surface area (Å²) in [5.74, 6) is -0.269. The number of nitrogens with one attached hydrogen (secondary N) is 1. The van der Waals surface area contributed by atoms with E-state index in [1.807, 2.05) is 13.8 Å². The van der Waals surface area contributed by atoms with Gasteiger partial charge in [-0.05, 0) is 46.1 Å². The summed E-state index contributed by atoms with van der Waals surface area (Å²) < 4.78 is 5.82. The quantitative estimate of drug-likeness (QED) is 0.483. The SMILES string of the molecule is CCCCCCC(C)OCCCCC(C)(NCC)C(N)=O. The molecule has 0 aliphatic heterocycles. The van der Waals surface area contributed by atoms with Gasteiger partial charge in [-0.1, -0.05) is 39.5 Å². The van der Waals surface area contributed by atoms with Crippen LogP contribution < -0.4 is 11.1 Å². The van der Waals surface area contributed by atoms with E-state index in [2.05, 4.69) is 19.2 Å². The highest BCUT2D eigenvalue weighted by Gasteiger charge is 2.28. The number of carbonyl (C=O) groups is 1. The number of amides is 1. The Hall–Kier alpha value is -0.610. The molecule has 2 atom stereocenters. The maximum atomic E-state index is 11.5. The second kappa shape index (κ2) is 12.0. The Morgan fingerprint density at radius 1 is 1.19 bits per heavy atom. The third kappa shape index (κ3) is 9.86. The van der Waals surface area contributed by atoms with Crippen LogP contribution in [-0.4, -0.2) is 30.7 Å². The average Bonchev–Trinajstić information content (AvgIpc) is 2.43. The van der Waals surface area contributed by atoms with E-state index in [1.54, 1.807) is 0 Å². The van der Waals surface area contributed by atoms with E-state index in [9.17, 15) is 4.79 Å². The van der Waals surface area contributed by atoms with E-state index >= 15 is 0 Å². The fourth-order valence-electron chi connectivity index (χ4n) is 2.50. The summed E-state index contributed by atoms with van der Waals surface area (Å²) in [7, 11) is 0. The summed E-state index contributed by atoms with van der Waals surface area (Å²) in [6.45, 7) is 9.78. The number of hydrogen-bond acceptors (Lipinski definition) is 3. The molecule has 0 rings (SSSR count). The van der Waals surface area contributed by atoms with E-state index < -0.39 is 5.54 Å². The summed E-state index contributed by atoms with van der Waals surface area (Å²) in [5.41, 5.74) is 4.88. The van der Waals surface area contributed by atoms with Gasteiger partial charge in [0.1, 0.15) is 0 Å². The lowest BCUT2D eigenvalue weighted by Crippen LogP contribution is -2.52. The van der Waals surface area contributed by atoms with Crippen LogP contribution in [-0.2, 0) is 9.53 Å². The molecule has 0 aromatic carbocycles. The van der Waals surface area contributed by atoms with Gasteiger partial charge in [0.25, 0.3) is 0 Å². The number of primary amides is 1. The molecule has 126 valence electrons. The predicted octanol–water partition coefficient (Wildman–Crippen LogP) is 3.39. The topological polar surface area (TPSA) is 64.3 Å². The van der Waals surface area contributed by atoms with Crippen LogP contribution in [0.25, 0.3) is 0 Å². The summed E-state index contributed by atoms with van der Waals surface area (Å²) in [6.07, 6.45) is 9.36. The zero-order valence-corrected chi connectivity index (χ0v) is 14.5. The van der Waals surface area contributed by atoms with Gasteiger partial charge in [-0.3, -0.25) is 4.79 Å². The molecule has 0 spiro atoms. The van der Waals surface area contributed by atoms with Crippen molar-refractivity contribution in [2.45, 2.75) is 90.7 Å². The van der Waals surface area contributed by atoms with Crippen molar-refractivity contribution in [3.05, 3.63) is 0 Å². The van der Waals surface area contributed by atoms with Crippen LogP contribution >= 0.6 is 0 Å². The summed E-state index contributed by atoms with van der Waals surface area (Å²) in [4.78, 5) is 11.5. The normalized spacial score (nSPS) is 15.6. The van der Waals surface area contributed by atoms with Crippen LogP contribution in [0.2, 0.25) is 0 Å². The maximum absolute atomic E-state index is 11.5. The molecule has 0 radical (unpaired) electrons. The number of rotatable bonds is 14. The second-order valence-corrected chi connectivity index (χ2v) is 6.21. The molecule has 0 bridgehead atoms. The van der Waals surface area contributed by atoms with Gasteiger partial charge in [-0.2, -0.15) is 0 Å². The van der Waals surface area contributed by atoms with Gasteiger partial charge < -0.3 is 15.8 Å². The third-order valence-corrected chi connectivity index (χ3v) is 4.05. The average molecular weight is 300 g/mol. The highest BCUT2D eigenvalue weighted by molar-refractivity contribution is 5.84. The minimum atomic E-state index is -0.583. The molecule has 1 amide bonds. The minimum absolute atomic E-state index is 0.269. The third-order valence-electron chi connectivity index (χ3n) is 4.05. The van der Waals surface area contributed by atoms with Crippen LogP contribution in [0.1, 0.15) is 79.1 Å². The van der Waals surface area contributed by atoms with Crippen molar-refractivity contribution < 1.29 is 9.53 Å². The van der Waals surface area contributed by atoms with Crippen LogP contribution in [0.15, 0.2) is 0 Å². The number of unbranched alkanes of at least 4 members (excludes halogenated alkanes) is 4. The van der Waals surface area contributed by atoms with Gasteiger partial charge in [-0.15, -0.1) is 0 Å². The predicted molar refractivity (Wildman–Crippen MR) is 89.3 cm³/mol. The molecule has 0 aliphatic rings. The lowest BCUT2D eigenvalue weighted by Gasteiger charge is -2.27. The first-order valence-electron chi connectivity index (χ1n) is 8.62. The molecule has 0 aromatic heterocycles. The van der Waals surface area contributed by atoms with Crippen LogP contribution in [0, 0.1) is 0 Å². The Morgan fingerprint density at radius 2 is 1.90 bits per heavy atom. The Morgan fingerprint density at radius 3 is 2.48 bits per heavy atom. The molecular formula is C17H36N2O2. The van der Waals surface area contributed by atoms with Gasteiger partial charge in [0.2, 0.25) is 5.91 Å². The molecule has 0 fully saturated rings. The Kier molecular flexibility index (Phi) is 11.6. The highest BCUT2D eigenvalue weighted by Crippen LogP contribution is 2.14. The van der Waals surface area contributed by atoms with Gasteiger partial charge in [0.15, 0.2) is 0 Å². The van der Waals surface area contributed by atoms with E-state index in [0.717, 1.165) is 38.8 Å². The Bertz CT molecular complexity index is 272. The Balaban J connectivity index is 3.68. The number of hydrogen-bond donors (Lipinski definition) is 2. The molecule has 0 saturated carbocycles. The van der Waals surface area contributed by atoms with Crippen LogP contribution in [0.4, 0.5) is 0 Å². The molecule has 0 saturated heterocycles. The summed E-state index contributed by atoms with van der Waals surface area (Å²) in [5, 5.41) is 3.18. The standard InChI is InChI=1S/C17H36N2O2/c1-5-7-8-9-12-15(3)21-14-11-10-13-17(4,16(18)20)19-6-2/h15,19H,5-14H2,1-4H3,(H2,18,20). The molecule has 3 N–H and O–H groups in total. The molecule has 4 nitrogen and oxygen atoms in total. The number of ether oxygens (including phenoxy) is 1. The zero-order chi connectivity index (χ0) is 16.1. The van der Waals surface area contributed by atoms with Crippen LogP contribution in [0.3, 0.4) is 0 Å². The smallest absolute Gasteiger partial charge is 0.237 e. The zero-order valence-electron chi connectivity index (χ0n) is 14.5. The molecular weight excluding hydrogens is 264 g/mol. The number of nitrogens with two attached hydrogens (primary N) is 1. The van der Waals surface area contributed by atoms with E-state index in [4.69, 9.17) is 10.5 Å². The van der Waals surface area contributed by atoms with Crippen molar-refractivity contribution in [2.75, 3.05) is 13.2 Å². The van der Waals surface area contributed by atoms with Crippen LogP contribution in [0.5, 0.6) is 0 Å². The largest absolute Gasteiger partial charge is 0.379 e. The van der Waals surface area contributed by atoms with Gasteiger partial charge in [0, 0.05) is 6.61 Å². The molecule has 0 aromatic rings. The molecule has 0 heterocycles.